The summed E-state index contributed by atoms with van der Waals surface area (Å²) >= 11 is 0. The van der Waals surface area contributed by atoms with Crippen molar-refractivity contribution < 1.29 is 0 Å². The standard InChI is InChI=1S/C18H23N3/c1-13-18(16-7-5-6-8-17(16)21(13)4)19-14-9-11-15(12-10-14)20(2)3/h5-13,18-19H,1-4H3. The van der Waals surface area contributed by atoms with Crippen molar-refractivity contribution in [2.45, 2.75) is 19.0 Å². The Bertz CT molecular complexity index is 619. The van der Waals surface area contributed by atoms with Gasteiger partial charge in [0.1, 0.15) is 0 Å². The number of likely N-dealkylation sites (N-methyl/N-ethyl adjacent to an activating group) is 1. The lowest BCUT2D eigenvalue weighted by molar-refractivity contribution is 0.637. The molecule has 110 valence electrons. The van der Waals surface area contributed by atoms with Gasteiger partial charge in [-0.2, -0.15) is 0 Å². The molecule has 2 unspecified atom stereocenters. The average molecular weight is 281 g/mol. The molecule has 2 atom stereocenters. The van der Waals surface area contributed by atoms with Crippen LogP contribution in [0, 0.1) is 0 Å². The molecule has 1 heterocycles. The highest BCUT2D eigenvalue weighted by molar-refractivity contribution is 5.64. The first-order chi connectivity index (χ1) is 10.1. The van der Waals surface area contributed by atoms with E-state index in [1.807, 2.05) is 0 Å². The summed E-state index contributed by atoms with van der Waals surface area (Å²) < 4.78 is 0. The zero-order valence-electron chi connectivity index (χ0n) is 13.2. The summed E-state index contributed by atoms with van der Waals surface area (Å²) in [5.41, 5.74) is 5.09. The minimum Gasteiger partial charge on any atom is -0.378 e. The minimum atomic E-state index is 0.330. The number of nitrogens with zero attached hydrogens (tertiary/aromatic N) is 2. The highest BCUT2D eigenvalue weighted by Crippen LogP contribution is 2.40. The van der Waals surface area contributed by atoms with Gasteiger partial charge in [-0.15, -0.1) is 0 Å². The van der Waals surface area contributed by atoms with Gasteiger partial charge >= 0.3 is 0 Å². The van der Waals surface area contributed by atoms with Gasteiger partial charge in [0.05, 0.1) is 12.1 Å². The topological polar surface area (TPSA) is 18.5 Å². The van der Waals surface area contributed by atoms with Gasteiger partial charge in [0.2, 0.25) is 0 Å². The number of hydrogen-bond donors (Lipinski definition) is 1. The Balaban J connectivity index is 1.85. The van der Waals surface area contributed by atoms with E-state index in [4.69, 9.17) is 0 Å². The van der Waals surface area contributed by atoms with E-state index in [2.05, 4.69) is 91.7 Å². The number of para-hydroxylation sites is 1. The number of rotatable bonds is 3. The molecule has 0 aromatic heterocycles. The van der Waals surface area contributed by atoms with E-state index >= 15 is 0 Å². The smallest absolute Gasteiger partial charge is 0.0734 e. The lowest BCUT2D eigenvalue weighted by Gasteiger charge is -2.24. The Morgan fingerprint density at radius 3 is 2.33 bits per heavy atom. The molecule has 21 heavy (non-hydrogen) atoms. The fraction of sp³-hybridized carbons (Fsp3) is 0.333. The van der Waals surface area contributed by atoms with Crippen LogP contribution in [0.3, 0.4) is 0 Å². The number of anilines is 3. The van der Waals surface area contributed by atoms with Crippen LogP contribution in [-0.4, -0.2) is 27.2 Å². The highest BCUT2D eigenvalue weighted by atomic mass is 15.2. The summed E-state index contributed by atoms with van der Waals surface area (Å²) in [7, 11) is 6.29. The molecule has 1 aliphatic heterocycles. The number of benzene rings is 2. The van der Waals surface area contributed by atoms with Crippen molar-refractivity contribution in [1.29, 1.82) is 0 Å². The Kier molecular flexibility index (Phi) is 3.50. The molecular formula is C18H23N3. The van der Waals surface area contributed by atoms with Crippen LogP contribution in [-0.2, 0) is 0 Å². The maximum absolute atomic E-state index is 3.68. The van der Waals surface area contributed by atoms with Gasteiger partial charge in [-0.05, 0) is 42.8 Å². The normalized spacial score (nSPS) is 20.3. The fourth-order valence-electron chi connectivity index (χ4n) is 3.01. The van der Waals surface area contributed by atoms with Crippen LogP contribution >= 0.6 is 0 Å². The van der Waals surface area contributed by atoms with Crippen molar-refractivity contribution in [2.75, 3.05) is 36.3 Å². The molecule has 0 aliphatic carbocycles. The van der Waals surface area contributed by atoms with Crippen LogP contribution in [0.25, 0.3) is 0 Å². The molecule has 3 heteroatoms. The maximum atomic E-state index is 3.68. The van der Waals surface area contributed by atoms with E-state index in [1.165, 1.54) is 22.6 Å². The molecule has 3 rings (SSSR count). The summed E-state index contributed by atoms with van der Waals surface area (Å²) in [5, 5.41) is 3.68. The van der Waals surface area contributed by atoms with Crippen molar-refractivity contribution in [3.8, 4) is 0 Å². The molecule has 1 aliphatic rings. The number of nitrogens with one attached hydrogen (secondary N) is 1. The molecule has 2 aromatic carbocycles. The van der Waals surface area contributed by atoms with Crippen molar-refractivity contribution in [1.82, 2.24) is 0 Å². The second-order valence-corrected chi connectivity index (χ2v) is 5.97. The summed E-state index contributed by atoms with van der Waals surface area (Å²) in [5.74, 6) is 0. The second kappa shape index (κ2) is 5.32. The first-order valence-corrected chi connectivity index (χ1v) is 7.43. The van der Waals surface area contributed by atoms with Crippen molar-refractivity contribution in [3.05, 3.63) is 54.1 Å². The van der Waals surface area contributed by atoms with E-state index in [1.54, 1.807) is 0 Å². The summed E-state index contributed by atoms with van der Waals surface area (Å²) in [6, 6.07) is 18.0. The second-order valence-electron chi connectivity index (χ2n) is 5.97. The number of hydrogen-bond acceptors (Lipinski definition) is 3. The monoisotopic (exact) mass is 281 g/mol. The minimum absolute atomic E-state index is 0.330. The third kappa shape index (κ3) is 2.44. The van der Waals surface area contributed by atoms with E-state index in [9.17, 15) is 0 Å². The molecule has 0 saturated heterocycles. The van der Waals surface area contributed by atoms with Crippen LogP contribution in [0.1, 0.15) is 18.5 Å². The molecule has 1 N–H and O–H groups in total. The van der Waals surface area contributed by atoms with Gasteiger partial charge in [-0.1, -0.05) is 18.2 Å². The van der Waals surface area contributed by atoms with Crippen LogP contribution in [0.4, 0.5) is 17.1 Å². The van der Waals surface area contributed by atoms with Crippen LogP contribution in [0.5, 0.6) is 0 Å². The largest absolute Gasteiger partial charge is 0.378 e. The summed E-state index contributed by atoms with van der Waals surface area (Å²) in [6.45, 7) is 2.27. The molecule has 0 bridgehead atoms. The van der Waals surface area contributed by atoms with E-state index in [0.29, 0.717) is 12.1 Å². The van der Waals surface area contributed by atoms with Gasteiger partial charge in [-0.25, -0.2) is 0 Å². The summed E-state index contributed by atoms with van der Waals surface area (Å²) in [6.07, 6.45) is 0. The maximum Gasteiger partial charge on any atom is 0.0734 e. The van der Waals surface area contributed by atoms with Crippen molar-refractivity contribution in [2.24, 2.45) is 0 Å². The van der Waals surface area contributed by atoms with Gasteiger partial charge in [0, 0.05) is 38.2 Å². The highest BCUT2D eigenvalue weighted by Gasteiger charge is 2.32. The Morgan fingerprint density at radius 2 is 1.67 bits per heavy atom. The van der Waals surface area contributed by atoms with Gasteiger partial charge in [0.25, 0.3) is 0 Å². The molecule has 0 saturated carbocycles. The predicted molar refractivity (Wildman–Crippen MR) is 91.4 cm³/mol. The quantitative estimate of drug-likeness (QED) is 0.924. The first kappa shape index (κ1) is 13.8. The average Bonchev–Trinajstić information content (AvgIpc) is 2.73. The zero-order chi connectivity index (χ0) is 15.0. The SMILES string of the molecule is CC1C(Nc2ccc(N(C)C)cc2)c2ccccc2N1C. The van der Waals surface area contributed by atoms with Crippen molar-refractivity contribution in [3.63, 3.8) is 0 Å². The Morgan fingerprint density at radius 1 is 1.00 bits per heavy atom. The molecule has 3 nitrogen and oxygen atoms in total. The first-order valence-electron chi connectivity index (χ1n) is 7.43. The molecule has 0 fully saturated rings. The zero-order valence-corrected chi connectivity index (χ0v) is 13.2. The number of fused-ring (bicyclic) bond motifs is 1. The Labute approximate surface area is 127 Å². The third-order valence-corrected chi connectivity index (χ3v) is 4.45. The molecule has 0 spiro atoms. The van der Waals surface area contributed by atoms with Gasteiger partial charge in [0.15, 0.2) is 0 Å². The van der Waals surface area contributed by atoms with Crippen molar-refractivity contribution >= 4 is 17.1 Å². The molecular weight excluding hydrogens is 258 g/mol. The molecule has 0 amide bonds. The lowest BCUT2D eigenvalue weighted by atomic mass is 10.0. The fourth-order valence-corrected chi connectivity index (χ4v) is 3.01. The van der Waals surface area contributed by atoms with Gasteiger partial charge < -0.3 is 15.1 Å². The molecule has 0 radical (unpaired) electrons. The van der Waals surface area contributed by atoms with Crippen LogP contribution < -0.4 is 15.1 Å². The van der Waals surface area contributed by atoms with Crippen LogP contribution in [0.15, 0.2) is 48.5 Å². The van der Waals surface area contributed by atoms with Gasteiger partial charge in [-0.3, -0.25) is 0 Å². The summed E-state index contributed by atoms with van der Waals surface area (Å²) in [4.78, 5) is 4.46. The third-order valence-electron chi connectivity index (χ3n) is 4.45. The Hall–Kier alpha value is -2.16. The van der Waals surface area contributed by atoms with Crippen LogP contribution in [0.2, 0.25) is 0 Å². The molecule has 2 aromatic rings. The lowest BCUT2D eigenvalue weighted by Crippen LogP contribution is -2.30. The predicted octanol–water partition coefficient (Wildman–Crippen LogP) is 3.74. The van der Waals surface area contributed by atoms with E-state index < -0.39 is 0 Å². The van der Waals surface area contributed by atoms with E-state index in [0.717, 1.165) is 0 Å². The van der Waals surface area contributed by atoms with E-state index in [-0.39, 0.29) is 0 Å².